The summed E-state index contributed by atoms with van der Waals surface area (Å²) in [5.41, 5.74) is 5.36. The van der Waals surface area contributed by atoms with E-state index in [2.05, 4.69) is 13.8 Å². The summed E-state index contributed by atoms with van der Waals surface area (Å²) in [6.45, 7) is 5.47. The molecule has 0 aliphatic rings. The van der Waals surface area contributed by atoms with E-state index in [-0.39, 0.29) is 0 Å². The zero-order valence-electron chi connectivity index (χ0n) is 5.65. The van der Waals surface area contributed by atoms with Gasteiger partial charge in [0, 0.05) is 0 Å². The number of rotatable bonds is 4. The van der Waals surface area contributed by atoms with Crippen molar-refractivity contribution in [2.75, 3.05) is 11.0 Å². The van der Waals surface area contributed by atoms with Crippen LogP contribution in [0.2, 0.25) is 0 Å². The van der Waals surface area contributed by atoms with Crippen LogP contribution in [0.5, 0.6) is 0 Å². The molecule has 0 aliphatic carbocycles. The molecule has 0 aromatic carbocycles. The van der Waals surface area contributed by atoms with Crippen molar-refractivity contribution in [2.45, 2.75) is 24.2 Å². The Morgan fingerprint density at radius 2 is 2.25 bits per heavy atom. The Balaban J connectivity index is 2.86. The van der Waals surface area contributed by atoms with Gasteiger partial charge in [0.25, 0.3) is 0 Å². The molecule has 1 atom stereocenters. The fraction of sp³-hybridized carbons (Fsp3) is 1.00. The summed E-state index contributed by atoms with van der Waals surface area (Å²) in [5.74, 6) is 0. The van der Waals surface area contributed by atoms with Crippen molar-refractivity contribution in [3.05, 3.63) is 0 Å². The van der Waals surface area contributed by atoms with Gasteiger partial charge in [0.05, 0.1) is 0 Å². The van der Waals surface area contributed by atoms with Crippen LogP contribution in [0.4, 0.5) is 0 Å². The maximum atomic E-state index is 5.36. The monoisotopic (exact) mass is 228 g/mol. The van der Waals surface area contributed by atoms with Crippen LogP contribution in [-0.4, -0.2) is 14.9 Å². The zero-order valence-corrected chi connectivity index (χ0v) is 7.81. The summed E-state index contributed by atoms with van der Waals surface area (Å²) in [6, 6.07) is 0. The Kier molecular flexibility index (Phi) is 6.32. The number of hydrogen-bond acceptors (Lipinski definition) is 1. The number of alkyl halides is 2. The summed E-state index contributed by atoms with van der Waals surface area (Å²) < 4.78 is 2.28. The van der Waals surface area contributed by atoms with Gasteiger partial charge < -0.3 is 0 Å². The fourth-order valence-corrected chi connectivity index (χ4v) is 2.40. The molecule has 0 radical (unpaired) electrons. The first-order valence-corrected chi connectivity index (χ1v) is 5.86. The van der Waals surface area contributed by atoms with Gasteiger partial charge in [-0.05, 0) is 0 Å². The molecule has 0 aromatic rings. The normalized spacial score (nSPS) is 14.4. The van der Waals surface area contributed by atoms with E-state index in [0.29, 0.717) is 21.2 Å². The maximum absolute atomic E-state index is 5.36. The van der Waals surface area contributed by atoms with E-state index in [1.54, 1.807) is 0 Å². The molecular formula is C6H15IN-. The molecule has 2 N–H and O–H groups in total. The third-order valence-electron chi connectivity index (χ3n) is 1.04. The molecule has 1 nitrogen and oxygen atoms in total. The topological polar surface area (TPSA) is 26.0 Å². The van der Waals surface area contributed by atoms with Crippen LogP contribution in [0.25, 0.3) is 0 Å². The molecule has 0 heterocycles. The minimum atomic E-state index is 0.437. The van der Waals surface area contributed by atoms with Gasteiger partial charge in [0.15, 0.2) is 0 Å². The number of hydrogen-bond donors (Lipinski definition) is 1. The molecule has 2 heteroatoms. The van der Waals surface area contributed by atoms with Gasteiger partial charge in [0.1, 0.15) is 0 Å². The van der Waals surface area contributed by atoms with E-state index in [9.17, 15) is 0 Å². The Hall–Kier alpha value is 0.690. The zero-order chi connectivity index (χ0) is 6.41. The second kappa shape index (κ2) is 5.82. The second-order valence-electron chi connectivity index (χ2n) is 1.82. The van der Waals surface area contributed by atoms with Crippen LogP contribution in [0, 0.1) is 0 Å². The Labute approximate surface area is 62.3 Å². The van der Waals surface area contributed by atoms with E-state index in [0.717, 1.165) is 10.5 Å². The standard InChI is InChI=1S/C6H15IN/c1-3-6(2)7-4-5-8/h6H,3-5,8H2,1-2H3/q-1. The molecule has 0 aromatic heterocycles. The summed E-state index contributed by atoms with van der Waals surface area (Å²) in [5, 5.41) is 0. The van der Waals surface area contributed by atoms with Crippen LogP contribution < -0.4 is 26.9 Å². The quantitative estimate of drug-likeness (QED) is 0.430. The van der Waals surface area contributed by atoms with Crippen LogP contribution in [0.1, 0.15) is 20.3 Å². The molecule has 0 amide bonds. The van der Waals surface area contributed by atoms with Crippen LogP contribution in [0.15, 0.2) is 0 Å². The summed E-state index contributed by atoms with van der Waals surface area (Å²) in [6.07, 6.45) is 1.34. The first kappa shape index (κ1) is 8.69. The average Bonchev–Trinajstić information content (AvgIpc) is 1.83. The summed E-state index contributed by atoms with van der Waals surface area (Å²) >= 11 is 0.437. The SMILES string of the molecule is CCC(C)[I-]CCN. The van der Waals surface area contributed by atoms with Gasteiger partial charge in [-0.15, -0.1) is 0 Å². The van der Waals surface area contributed by atoms with Gasteiger partial charge in [-0.2, -0.15) is 0 Å². The molecule has 0 rings (SSSR count). The molecule has 0 saturated carbocycles. The molecule has 0 saturated heterocycles. The predicted octanol–water partition coefficient (Wildman–Crippen LogP) is -2.17. The van der Waals surface area contributed by atoms with Gasteiger partial charge in [-0.1, -0.05) is 0 Å². The van der Waals surface area contributed by atoms with E-state index >= 15 is 0 Å². The molecule has 8 heavy (non-hydrogen) atoms. The average molecular weight is 228 g/mol. The first-order valence-electron chi connectivity index (χ1n) is 3.09. The molecule has 0 fully saturated rings. The first-order chi connectivity index (χ1) is 3.81. The van der Waals surface area contributed by atoms with E-state index in [1.807, 2.05) is 0 Å². The van der Waals surface area contributed by atoms with Crippen molar-refractivity contribution in [1.29, 1.82) is 0 Å². The van der Waals surface area contributed by atoms with Crippen molar-refractivity contribution in [2.24, 2.45) is 5.73 Å². The Morgan fingerprint density at radius 1 is 1.62 bits per heavy atom. The van der Waals surface area contributed by atoms with E-state index in [1.165, 1.54) is 10.8 Å². The van der Waals surface area contributed by atoms with Crippen molar-refractivity contribution in [3.63, 3.8) is 0 Å². The molecule has 1 unspecified atom stereocenters. The minimum absolute atomic E-state index is 0.437. The molecule has 0 aliphatic heterocycles. The summed E-state index contributed by atoms with van der Waals surface area (Å²) in [7, 11) is 0. The van der Waals surface area contributed by atoms with Crippen LogP contribution in [-0.2, 0) is 0 Å². The fourth-order valence-electron chi connectivity index (χ4n) is 0.358. The van der Waals surface area contributed by atoms with Gasteiger partial charge >= 0.3 is 62.1 Å². The van der Waals surface area contributed by atoms with Crippen molar-refractivity contribution in [1.82, 2.24) is 0 Å². The number of nitrogens with two attached hydrogens (primary N) is 1. The third kappa shape index (κ3) is 4.84. The van der Waals surface area contributed by atoms with Crippen molar-refractivity contribution >= 4 is 0 Å². The summed E-state index contributed by atoms with van der Waals surface area (Å²) in [4.78, 5) is 0. The van der Waals surface area contributed by atoms with Gasteiger partial charge in [-0.3, -0.25) is 0 Å². The predicted molar refractivity (Wildman–Crippen MR) is 33.7 cm³/mol. The van der Waals surface area contributed by atoms with E-state index in [4.69, 9.17) is 5.73 Å². The van der Waals surface area contributed by atoms with Crippen molar-refractivity contribution in [3.8, 4) is 0 Å². The third-order valence-corrected chi connectivity index (χ3v) is 4.67. The molecule has 0 spiro atoms. The van der Waals surface area contributed by atoms with E-state index < -0.39 is 0 Å². The molecular weight excluding hydrogens is 213 g/mol. The van der Waals surface area contributed by atoms with Gasteiger partial charge in [0.2, 0.25) is 0 Å². The second-order valence-corrected chi connectivity index (χ2v) is 5.91. The molecule has 0 bridgehead atoms. The van der Waals surface area contributed by atoms with Gasteiger partial charge in [-0.25, -0.2) is 0 Å². The van der Waals surface area contributed by atoms with Crippen molar-refractivity contribution < 1.29 is 21.2 Å². The van der Waals surface area contributed by atoms with Crippen LogP contribution >= 0.6 is 0 Å². The Bertz CT molecular complexity index is 47.8. The molecule has 52 valence electrons. The van der Waals surface area contributed by atoms with Crippen LogP contribution in [0.3, 0.4) is 0 Å². The number of halogens is 1. The Morgan fingerprint density at radius 3 is 2.62 bits per heavy atom.